The number of aliphatic hydroxyl groups is 1. The zero-order chi connectivity index (χ0) is 12.4. The van der Waals surface area contributed by atoms with E-state index < -0.39 is 5.95 Å². The summed E-state index contributed by atoms with van der Waals surface area (Å²) in [6.07, 6.45) is 0. The number of aromatic nitrogens is 1. The normalized spacial score (nSPS) is 10.6. The Labute approximate surface area is 108 Å². The van der Waals surface area contributed by atoms with Crippen LogP contribution in [0.25, 0.3) is 11.1 Å². The second-order valence-corrected chi connectivity index (χ2v) is 4.27. The molecule has 1 N–H and O–H groups in total. The van der Waals surface area contributed by atoms with Gasteiger partial charge in [-0.15, -0.1) is 0 Å². The van der Waals surface area contributed by atoms with Crippen molar-refractivity contribution in [2.75, 3.05) is 0 Å². The third-order valence-corrected chi connectivity index (χ3v) is 2.85. The van der Waals surface area contributed by atoms with E-state index >= 15 is 0 Å². The van der Waals surface area contributed by atoms with Crippen LogP contribution < -0.4 is 0 Å². The lowest BCUT2D eigenvalue weighted by atomic mass is 10.1. The van der Waals surface area contributed by atoms with Gasteiger partial charge in [0, 0.05) is 21.2 Å². The molecule has 0 unspecified atom stereocenters. The van der Waals surface area contributed by atoms with Gasteiger partial charge in [-0.3, -0.25) is 0 Å². The second-order valence-electron chi connectivity index (χ2n) is 3.42. The number of nitrogens with zero attached hydrogens (tertiary/aromatic N) is 1. The van der Waals surface area contributed by atoms with Crippen molar-refractivity contribution in [1.29, 1.82) is 0 Å². The molecule has 0 aliphatic heterocycles. The Bertz CT molecular complexity index is 560. The van der Waals surface area contributed by atoms with Crippen LogP contribution in [0.5, 0.6) is 0 Å². The summed E-state index contributed by atoms with van der Waals surface area (Å²) < 4.78 is 13.7. The van der Waals surface area contributed by atoms with Gasteiger partial charge < -0.3 is 5.11 Å². The average molecular weight is 272 g/mol. The van der Waals surface area contributed by atoms with E-state index in [9.17, 15) is 4.39 Å². The van der Waals surface area contributed by atoms with Gasteiger partial charge in [-0.05, 0) is 30.3 Å². The third kappa shape index (κ3) is 2.57. The van der Waals surface area contributed by atoms with Crippen LogP contribution in [0.2, 0.25) is 10.0 Å². The van der Waals surface area contributed by atoms with Gasteiger partial charge in [-0.2, -0.15) is 4.39 Å². The van der Waals surface area contributed by atoms with Gasteiger partial charge in [-0.25, -0.2) is 4.98 Å². The molecule has 0 spiro atoms. The van der Waals surface area contributed by atoms with Crippen LogP contribution in [0.15, 0.2) is 30.3 Å². The lowest BCUT2D eigenvalue weighted by molar-refractivity contribution is 0.275. The van der Waals surface area contributed by atoms with Crippen LogP contribution in [0, 0.1) is 5.95 Å². The van der Waals surface area contributed by atoms with E-state index in [0.717, 1.165) is 0 Å². The number of halogens is 3. The Hall–Kier alpha value is -1.16. The molecule has 0 saturated heterocycles. The summed E-state index contributed by atoms with van der Waals surface area (Å²) in [7, 11) is 0. The van der Waals surface area contributed by atoms with Crippen LogP contribution in [-0.2, 0) is 6.61 Å². The molecule has 88 valence electrons. The Balaban J connectivity index is 2.56. The molecule has 0 amide bonds. The van der Waals surface area contributed by atoms with Gasteiger partial charge in [0.25, 0.3) is 0 Å². The Morgan fingerprint density at radius 2 is 1.88 bits per heavy atom. The van der Waals surface area contributed by atoms with Crippen molar-refractivity contribution >= 4 is 23.2 Å². The summed E-state index contributed by atoms with van der Waals surface area (Å²) in [5, 5.41) is 9.71. The summed E-state index contributed by atoms with van der Waals surface area (Å²) in [6.45, 7) is -0.305. The quantitative estimate of drug-likeness (QED) is 0.846. The predicted molar refractivity (Wildman–Crippen MR) is 65.6 cm³/mol. The highest BCUT2D eigenvalue weighted by molar-refractivity contribution is 6.35. The Morgan fingerprint density at radius 3 is 2.53 bits per heavy atom. The highest BCUT2D eigenvalue weighted by Crippen LogP contribution is 2.31. The minimum absolute atomic E-state index is 0.259. The number of pyridine rings is 1. The molecular formula is C12H8Cl2FNO. The first-order chi connectivity index (χ1) is 8.11. The van der Waals surface area contributed by atoms with Crippen LogP contribution in [0.1, 0.15) is 5.69 Å². The van der Waals surface area contributed by atoms with Crippen molar-refractivity contribution in [3.8, 4) is 11.1 Å². The van der Waals surface area contributed by atoms with Crippen molar-refractivity contribution in [1.82, 2.24) is 4.98 Å². The fourth-order valence-corrected chi connectivity index (χ4v) is 1.86. The zero-order valence-electron chi connectivity index (χ0n) is 8.62. The van der Waals surface area contributed by atoms with E-state index in [2.05, 4.69) is 4.98 Å². The SMILES string of the molecule is OCc1ccc(-c2cc(Cl)ccc2Cl)c(F)n1. The molecule has 0 atom stereocenters. The van der Waals surface area contributed by atoms with Gasteiger partial charge in [-0.1, -0.05) is 23.2 Å². The number of rotatable bonds is 2. The average Bonchev–Trinajstić information content (AvgIpc) is 2.32. The molecule has 0 fully saturated rings. The standard InChI is InChI=1S/C12H8Cl2FNO/c13-7-1-4-11(14)10(5-7)9-3-2-8(6-17)16-12(9)15/h1-5,17H,6H2. The monoisotopic (exact) mass is 271 g/mol. The first-order valence-corrected chi connectivity index (χ1v) is 5.59. The molecule has 1 aromatic carbocycles. The molecule has 2 rings (SSSR count). The van der Waals surface area contributed by atoms with Gasteiger partial charge in [0.05, 0.1) is 12.3 Å². The minimum Gasteiger partial charge on any atom is -0.390 e. The minimum atomic E-state index is -0.680. The molecule has 2 nitrogen and oxygen atoms in total. The molecule has 0 aliphatic rings. The first kappa shape index (κ1) is 12.3. The summed E-state index contributed by atoms with van der Waals surface area (Å²) in [5.74, 6) is -0.680. The Kier molecular flexibility index (Phi) is 3.62. The molecule has 0 aliphatic carbocycles. The van der Waals surface area contributed by atoms with Crippen LogP contribution in [-0.4, -0.2) is 10.1 Å². The van der Waals surface area contributed by atoms with Gasteiger partial charge >= 0.3 is 0 Å². The molecule has 0 saturated carbocycles. The number of hydrogen-bond donors (Lipinski definition) is 1. The summed E-state index contributed by atoms with van der Waals surface area (Å²) in [6, 6.07) is 7.85. The van der Waals surface area contributed by atoms with Crippen molar-refractivity contribution in [3.05, 3.63) is 52.0 Å². The molecule has 5 heteroatoms. The van der Waals surface area contributed by atoms with Gasteiger partial charge in [0.1, 0.15) is 0 Å². The lowest BCUT2D eigenvalue weighted by Gasteiger charge is -2.07. The molecule has 1 aromatic heterocycles. The number of hydrogen-bond acceptors (Lipinski definition) is 2. The fourth-order valence-electron chi connectivity index (χ4n) is 1.46. The summed E-state index contributed by atoms with van der Waals surface area (Å²) >= 11 is 11.8. The highest BCUT2D eigenvalue weighted by atomic mass is 35.5. The molecule has 1 heterocycles. The van der Waals surface area contributed by atoms with Crippen LogP contribution in [0.3, 0.4) is 0 Å². The van der Waals surface area contributed by atoms with Crippen LogP contribution >= 0.6 is 23.2 Å². The van der Waals surface area contributed by atoms with Crippen LogP contribution in [0.4, 0.5) is 4.39 Å². The fraction of sp³-hybridized carbons (Fsp3) is 0.0833. The summed E-state index contributed by atoms with van der Waals surface area (Å²) in [5.41, 5.74) is 1.01. The van der Waals surface area contributed by atoms with E-state index in [1.807, 2.05) is 0 Å². The topological polar surface area (TPSA) is 33.1 Å². The van der Waals surface area contributed by atoms with E-state index in [-0.39, 0.29) is 17.9 Å². The van der Waals surface area contributed by atoms with E-state index in [0.29, 0.717) is 15.6 Å². The molecule has 17 heavy (non-hydrogen) atoms. The zero-order valence-corrected chi connectivity index (χ0v) is 10.1. The molecular weight excluding hydrogens is 264 g/mol. The number of benzene rings is 1. The first-order valence-electron chi connectivity index (χ1n) is 4.83. The largest absolute Gasteiger partial charge is 0.390 e. The van der Waals surface area contributed by atoms with Crippen molar-refractivity contribution in [2.24, 2.45) is 0 Å². The third-order valence-electron chi connectivity index (χ3n) is 2.29. The maximum Gasteiger partial charge on any atom is 0.221 e. The molecule has 0 radical (unpaired) electrons. The summed E-state index contributed by atoms with van der Waals surface area (Å²) in [4.78, 5) is 3.62. The lowest BCUT2D eigenvalue weighted by Crippen LogP contribution is -1.95. The predicted octanol–water partition coefficient (Wildman–Crippen LogP) is 3.69. The highest BCUT2D eigenvalue weighted by Gasteiger charge is 2.11. The maximum atomic E-state index is 13.7. The van der Waals surface area contributed by atoms with Crippen molar-refractivity contribution < 1.29 is 9.50 Å². The van der Waals surface area contributed by atoms with Crippen molar-refractivity contribution in [2.45, 2.75) is 6.61 Å². The van der Waals surface area contributed by atoms with Gasteiger partial charge in [0.2, 0.25) is 5.95 Å². The van der Waals surface area contributed by atoms with E-state index in [4.69, 9.17) is 28.3 Å². The van der Waals surface area contributed by atoms with E-state index in [1.54, 1.807) is 18.2 Å². The van der Waals surface area contributed by atoms with E-state index in [1.165, 1.54) is 12.1 Å². The molecule has 0 bridgehead atoms. The smallest absolute Gasteiger partial charge is 0.221 e. The van der Waals surface area contributed by atoms with Crippen molar-refractivity contribution in [3.63, 3.8) is 0 Å². The Morgan fingerprint density at radius 1 is 1.12 bits per heavy atom. The van der Waals surface area contributed by atoms with Gasteiger partial charge in [0.15, 0.2) is 0 Å². The maximum absolute atomic E-state index is 13.7. The molecule has 2 aromatic rings. The second kappa shape index (κ2) is 5.00. The number of aliphatic hydroxyl groups excluding tert-OH is 1.